The molecule has 128 valence electrons. The molecule has 26 heavy (non-hydrogen) atoms. The summed E-state index contributed by atoms with van der Waals surface area (Å²) in [7, 11) is 2.72. The molecular weight excluding hydrogens is 357 g/mol. The molecule has 0 radical (unpaired) electrons. The van der Waals surface area contributed by atoms with Gasteiger partial charge < -0.3 is 4.98 Å². The number of imidazole rings is 1. The van der Waals surface area contributed by atoms with Gasteiger partial charge in [-0.3, -0.25) is 4.98 Å². The largest absolute Gasteiger partial charge is 0.337 e. The number of hydrogen-bond donors (Lipinski definition) is 1. The second-order valence-electron chi connectivity index (χ2n) is 5.90. The number of nitrogens with one attached hydrogen (secondary N) is 1. The second-order valence-corrected chi connectivity index (χ2v) is 7.44. The van der Waals surface area contributed by atoms with Crippen molar-refractivity contribution in [1.29, 1.82) is 0 Å². The van der Waals surface area contributed by atoms with E-state index in [9.17, 15) is 0 Å². The fourth-order valence-electron chi connectivity index (χ4n) is 2.84. The van der Waals surface area contributed by atoms with Crippen molar-refractivity contribution in [2.75, 3.05) is 6.26 Å². The minimum atomic E-state index is 0.870. The van der Waals surface area contributed by atoms with Crippen molar-refractivity contribution in [3.05, 3.63) is 73.1 Å². The average molecular weight is 375 g/mol. The van der Waals surface area contributed by atoms with Crippen LogP contribution >= 0.6 is 21.0 Å². The standard InChI is InChI=1S/C21H18N3PS/c1-26-18-8-4-16(5-9-18)21-23-19(14-2-6-17(25)7-3-14)20(24-21)15-10-12-22-13-11-15/h2-13H,25H2,1H3,(H,23,24). The van der Waals surface area contributed by atoms with E-state index in [-0.39, 0.29) is 0 Å². The van der Waals surface area contributed by atoms with E-state index in [1.807, 2.05) is 12.1 Å². The highest BCUT2D eigenvalue weighted by molar-refractivity contribution is 7.98. The zero-order valence-electron chi connectivity index (χ0n) is 14.3. The smallest absolute Gasteiger partial charge is 0.138 e. The third kappa shape index (κ3) is 3.44. The maximum absolute atomic E-state index is 4.92. The van der Waals surface area contributed by atoms with Crippen molar-refractivity contribution < 1.29 is 0 Å². The molecule has 2 aromatic carbocycles. The van der Waals surface area contributed by atoms with Crippen LogP contribution in [0.25, 0.3) is 33.9 Å². The van der Waals surface area contributed by atoms with Gasteiger partial charge in [0.25, 0.3) is 0 Å². The average Bonchev–Trinajstić information content (AvgIpc) is 3.15. The van der Waals surface area contributed by atoms with Gasteiger partial charge in [-0.1, -0.05) is 36.4 Å². The molecule has 0 fully saturated rings. The molecule has 0 saturated heterocycles. The number of rotatable bonds is 4. The summed E-state index contributed by atoms with van der Waals surface area (Å²) in [5.74, 6) is 0.870. The Morgan fingerprint density at radius 2 is 1.46 bits per heavy atom. The van der Waals surface area contributed by atoms with Crippen LogP contribution in [-0.2, 0) is 0 Å². The minimum absolute atomic E-state index is 0.870. The highest BCUT2D eigenvalue weighted by Crippen LogP contribution is 2.33. The van der Waals surface area contributed by atoms with Crippen LogP contribution in [0.4, 0.5) is 0 Å². The van der Waals surface area contributed by atoms with Crippen molar-refractivity contribution in [3.8, 4) is 33.9 Å². The van der Waals surface area contributed by atoms with E-state index in [2.05, 4.69) is 74.0 Å². The summed E-state index contributed by atoms with van der Waals surface area (Å²) < 4.78 is 0. The molecule has 3 nitrogen and oxygen atoms in total. The predicted molar refractivity (Wildman–Crippen MR) is 114 cm³/mol. The lowest BCUT2D eigenvalue weighted by atomic mass is 10.1. The van der Waals surface area contributed by atoms with Gasteiger partial charge in [-0.25, -0.2) is 4.98 Å². The van der Waals surface area contributed by atoms with Crippen LogP contribution in [0.1, 0.15) is 0 Å². The zero-order chi connectivity index (χ0) is 17.9. The summed E-state index contributed by atoms with van der Waals surface area (Å²) in [6, 6.07) is 20.8. The van der Waals surface area contributed by atoms with Crippen LogP contribution in [0.3, 0.4) is 0 Å². The van der Waals surface area contributed by atoms with Crippen molar-refractivity contribution >= 4 is 26.3 Å². The summed E-state index contributed by atoms with van der Waals surface area (Å²) in [5.41, 5.74) is 5.20. The molecule has 0 aliphatic heterocycles. The normalized spacial score (nSPS) is 10.8. The van der Waals surface area contributed by atoms with Gasteiger partial charge in [0.1, 0.15) is 5.82 Å². The lowest BCUT2D eigenvalue weighted by molar-refractivity contribution is 1.29. The Kier molecular flexibility index (Phi) is 4.87. The Hall–Kier alpha value is -2.42. The van der Waals surface area contributed by atoms with Crippen LogP contribution < -0.4 is 5.30 Å². The number of aromatic nitrogens is 3. The van der Waals surface area contributed by atoms with Gasteiger partial charge in [-0.2, -0.15) is 0 Å². The first-order chi connectivity index (χ1) is 12.7. The number of nitrogens with zero attached hydrogens (tertiary/aromatic N) is 2. The molecule has 0 aliphatic rings. The first kappa shape index (κ1) is 17.0. The third-order valence-electron chi connectivity index (χ3n) is 4.22. The maximum Gasteiger partial charge on any atom is 0.138 e. The summed E-state index contributed by atoms with van der Waals surface area (Å²) in [6.45, 7) is 0. The van der Waals surface area contributed by atoms with E-state index in [0.717, 1.165) is 39.2 Å². The Morgan fingerprint density at radius 1 is 0.808 bits per heavy atom. The van der Waals surface area contributed by atoms with Gasteiger partial charge in [-0.05, 0) is 35.8 Å². The molecule has 0 aliphatic carbocycles. The number of pyridine rings is 1. The van der Waals surface area contributed by atoms with Crippen LogP contribution in [0.2, 0.25) is 0 Å². The molecule has 0 amide bonds. The third-order valence-corrected chi connectivity index (χ3v) is 5.35. The molecule has 4 aromatic rings. The lowest BCUT2D eigenvalue weighted by Crippen LogP contribution is -1.89. The van der Waals surface area contributed by atoms with E-state index in [0.29, 0.717) is 0 Å². The summed E-state index contributed by atoms with van der Waals surface area (Å²) in [4.78, 5) is 13.8. The summed E-state index contributed by atoms with van der Waals surface area (Å²) in [5, 5.41) is 1.16. The molecular formula is C21H18N3PS. The SMILES string of the molecule is CSc1ccc(-c2nc(-c3ccc(P)cc3)c(-c3ccncc3)[nH]2)cc1. The van der Waals surface area contributed by atoms with E-state index < -0.39 is 0 Å². The van der Waals surface area contributed by atoms with Gasteiger partial charge in [0.05, 0.1) is 11.4 Å². The number of H-pyrrole nitrogens is 1. The van der Waals surface area contributed by atoms with Gasteiger partial charge >= 0.3 is 0 Å². The molecule has 5 heteroatoms. The van der Waals surface area contributed by atoms with E-state index in [1.165, 1.54) is 4.90 Å². The molecule has 2 aromatic heterocycles. The number of hydrogen-bond acceptors (Lipinski definition) is 3. The molecule has 4 rings (SSSR count). The first-order valence-electron chi connectivity index (χ1n) is 8.25. The number of aromatic amines is 1. The second kappa shape index (κ2) is 7.45. The molecule has 0 saturated carbocycles. The summed E-state index contributed by atoms with van der Waals surface area (Å²) >= 11 is 1.74. The van der Waals surface area contributed by atoms with Crippen LogP contribution in [0.5, 0.6) is 0 Å². The molecule has 1 unspecified atom stereocenters. The van der Waals surface area contributed by atoms with Crippen LogP contribution in [0, 0.1) is 0 Å². The van der Waals surface area contributed by atoms with Gasteiger partial charge in [-0.15, -0.1) is 21.0 Å². The predicted octanol–water partition coefficient (Wildman–Crippen LogP) is 5.03. The van der Waals surface area contributed by atoms with Crippen LogP contribution in [-0.4, -0.2) is 21.2 Å². The van der Waals surface area contributed by atoms with Gasteiger partial charge in [0.15, 0.2) is 0 Å². The first-order valence-corrected chi connectivity index (χ1v) is 10.1. The topological polar surface area (TPSA) is 41.6 Å². The van der Waals surface area contributed by atoms with Crippen LogP contribution in [0.15, 0.2) is 78.0 Å². The zero-order valence-corrected chi connectivity index (χ0v) is 16.3. The Bertz CT molecular complexity index is 1010. The van der Waals surface area contributed by atoms with Gasteiger partial charge in [0.2, 0.25) is 0 Å². The molecule has 2 heterocycles. The van der Waals surface area contributed by atoms with Crippen molar-refractivity contribution in [2.45, 2.75) is 4.90 Å². The minimum Gasteiger partial charge on any atom is -0.337 e. The Labute approximate surface area is 159 Å². The van der Waals surface area contributed by atoms with Crippen molar-refractivity contribution in [3.63, 3.8) is 0 Å². The van der Waals surface area contributed by atoms with E-state index in [4.69, 9.17) is 4.98 Å². The highest BCUT2D eigenvalue weighted by Gasteiger charge is 2.15. The summed E-state index contributed by atoms with van der Waals surface area (Å²) in [6.07, 6.45) is 5.69. The fraction of sp³-hybridized carbons (Fsp3) is 0.0476. The fourth-order valence-corrected chi connectivity index (χ4v) is 3.44. The van der Waals surface area contributed by atoms with Crippen molar-refractivity contribution in [2.24, 2.45) is 0 Å². The molecule has 1 atom stereocenters. The lowest BCUT2D eigenvalue weighted by Gasteiger charge is -2.03. The van der Waals surface area contributed by atoms with E-state index in [1.54, 1.807) is 24.2 Å². The molecule has 0 spiro atoms. The number of benzene rings is 2. The van der Waals surface area contributed by atoms with E-state index >= 15 is 0 Å². The maximum atomic E-state index is 4.92. The van der Waals surface area contributed by atoms with Crippen molar-refractivity contribution in [1.82, 2.24) is 15.0 Å². The highest BCUT2D eigenvalue weighted by atomic mass is 32.2. The quantitative estimate of drug-likeness (QED) is 0.402. The number of thioether (sulfide) groups is 1. The molecule has 1 N–H and O–H groups in total. The van der Waals surface area contributed by atoms with Gasteiger partial charge in [0, 0.05) is 34.0 Å². The molecule has 0 bridgehead atoms. The Morgan fingerprint density at radius 3 is 2.12 bits per heavy atom. The monoisotopic (exact) mass is 375 g/mol. The Balaban J connectivity index is 1.85.